The fourth-order valence-electron chi connectivity index (χ4n) is 2.75. The number of pyridine rings is 1. The Morgan fingerprint density at radius 1 is 1.26 bits per heavy atom. The third-order valence-electron chi connectivity index (χ3n) is 3.79. The van der Waals surface area contributed by atoms with E-state index in [1.807, 2.05) is 29.7 Å². The van der Waals surface area contributed by atoms with Crippen LogP contribution >= 0.6 is 23.2 Å². The van der Waals surface area contributed by atoms with E-state index >= 15 is 0 Å². The first-order valence-electron chi connectivity index (χ1n) is 7.26. The van der Waals surface area contributed by atoms with Crippen molar-refractivity contribution in [3.05, 3.63) is 51.8 Å². The molecule has 6 heteroatoms. The summed E-state index contributed by atoms with van der Waals surface area (Å²) in [6.07, 6.45) is 2.50. The highest BCUT2D eigenvalue weighted by molar-refractivity contribution is 6.36. The summed E-state index contributed by atoms with van der Waals surface area (Å²) in [7, 11) is 1.66. The summed E-state index contributed by atoms with van der Waals surface area (Å²) in [4.78, 5) is 4.71. The van der Waals surface area contributed by atoms with Crippen molar-refractivity contribution in [2.24, 2.45) is 5.73 Å². The van der Waals surface area contributed by atoms with Crippen molar-refractivity contribution in [1.29, 1.82) is 0 Å². The van der Waals surface area contributed by atoms with Crippen molar-refractivity contribution in [3.63, 3.8) is 0 Å². The van der Waals surface area contributed by atoms with Gasteiger partial charge in [-0.2, -0.15) is 0 Å². The molecule has 2 heterocycles. The number of benzene rings is 1. The van der Waals surface area contributed by atoms with E-state index < -0.39 is 0 Å². The molecular formula is C17H17Cl2N3O. The first kappa shape index (κ1) is 16.1. The van der Waals surface area contributed by atoms with Crippen LogP contribution in [0.25, 0.3) is 16.9 Å². The lowest BCUT2D eigenvalue weighted by atomic mass is 10.1. The fraction of sp³-hybridized carbons (Fsp3) is 0.235. The number of ether oxygens (including phenoxy) is 1. The summed E-state index contributed by atoms with van der Waals surface area (Å²) in [5.41, 5.74) is 10.4. The molecule has 2 N–H and O–H groups in total. The molecule has 23 heavy (non-hydrogen) atoms. The van der Waals surface area contributed by atoms with Crippen LogP contribution in [0.4, 0.5) is 0 Å². The molecule has 0 aliphatic carbocycles. The minimum absolute atomic E-state index is 0.514. The Hall–Kier alpha value is -1.75. The summed E-state index contributed by atoms with van der Waals surface area (Å²) >= 11 is 12.4. The second-order valence-corrected chi connectivity index (χ2v) is 6.17. The average Bonchev–Trinajstić information content (AvgIpc) is 2.87. The molecule has 0 saturated heterocycles. The summed E-state index contributed by atoms with van der Waals surface area (Å²) in [5, 5.41) is 1.09. The molecule has 1 aromatic carbocycles. The van der Waals surface area contributed by atoms with Crippen LogP contribution in [0, 0.1) is 6.92 Å². The lowest BCUT2D eigenvalue weighted by Gasteiger charge is -2.08. The van der Waals surface area contributed by atoms with Gasteiger partial charge in [0.2, 0.25) is 0 Å². The zero-order valence-electron chi connectivity index (χ0n) is 12.9. The minimum atomic E-state index is 0.514. The maximum absolute atomic E-state index is 6.30. The molecule has 0 amide bonds. The Balaban J connectivity index is 2.26. The van der Waals surface area contributed by atoms with Crippen LogP contribution in [0.15, 0.2) is 30.5 Å². The molecule has 4 nitrogen and oxygen atoms in total. The lowest BCUT2D eigenvalue weighted by molar-refractivity contribution is 0.412. The van der Waals surface area contributed by atoms with Gasteiger partial charge in [0.05, 0.1) is 28.5 Å². The maximum atomic E-state index is 6.30. The van der Waals surface area contributed by atoms with Crippen molar-refractivity contribution in [3.8, 4) is 17.0 Å². The highest BCUT2D eigenvalue weighted by Crippen LogP contribution is 2.32. The number of hydrogen-bond donors (Lipinski definition) is 1. The fourth-order valence-corrected chi connectivity index (χ4v) is 3.27. The number of rotatable bonds is 4. The number of nitrogens with zero attached hydrogens (tertiary/aromatic N) is 2. The predicted octanol–water partition coefficient (Wildman–Crippen LogP) is 4.13. The van der Waals surface area contributed by atoms with E-state index in [0.717, 1.165) is 28.3 Å². The van der Waals surface area contributed by atoms with E-state index in [-0.39, 0.29) is 0 Å². The molecule has 120 valence electrons. The van der Waals surface area contributed by atoms with E-state index in [0.29, 0.717) is 28.7 Å². The van der Waals surface area contributed by atoms with Crippen molar-refractivity contribution in [2.75, 3.05) is 13.7 Å². The minimum Gasteiger partial charge on any atom is -0.496 e. The van der Waals surface area contributed by atoms with Gasteiger partial charge in [0.25, 0.3) is 0 Å². The number of fused-ring (bicyclic) bond motifs is 1. The van der Waals surface area contributed by atoms with E-state index in [1.165, 1.54) is 0 Å². The van der Waals surface area contributed by atoms with Gasteiger partial charge in [-0.25, -0.2) is 4.98 Å². The van der Waals surface area contributed by atoms with E-state index in [1.54, 1.807) is 13.2 Å². The van der Waals surface area contributed by atoms with E-state index in [9.17, 15) is 0 Å². The topological polar surface area (TPSA) is 52.5 Å². The maximum Gasteiger partial charge on any atom is 0.156 e. The predicted molar refractivity (Wildman–Crippen MR) is 94.7 cm³/mol. The van der Waals surface area contributed by atoms with Crippen molar-refractivity contribution >= 4 is 28.8 Å². The smallest absolute Gasteiger partial charge is 0.156 e. The van der Waals surface area contributed by atoms with E-state index in [4.69, 9.17) is 38.7 Å². The Morgan fingerprint density at radius 3 is 2.70 bits per heavy atom. The van der Waals surface area contributed by atoms with Gasteiger partial charge in [0, 0.05) is 18.2 Å². The SMILES string of the molecule is COc1ccc(-c2nc3c(Cl)cc(Cl)cn3c2CCN)cc1C. The summed E-state index contributed by atoms with van der Waals surface area (Å²) in [5.74, 6) is 0.846. The number of imidazole rings is 1. The second kappa shape index (κ2) is 6.40. The van der Waals surface area contributed by atoms with Crippen LogP contribution < -0.4 is 10.5 Å². The Bertz CT molecular complexity index is 874. The molecule has 0 radical (unpaired) electrons. The Morgan fingerprint density at radius 2 is 2.04 bits per heavy atom. The van der Waals surface area contributed by atoms with Gasteiger partial charge in [0.1, 0.15) is 5.75 Å². The number of methoxy groups -OCH3 is 1. The largest absolute Gasteiger partial charge is 0.496 e. The third kappa shape index (κ3) is 2.90. The van der Waals surface area contributed by atoms with Gasteiger partial charge >= 0.3 is 0 Å². The Labute approximate surface area is 144 Å². The van der Waals surface area contributed by atoms with Crippen LogP contribution in [0.1, 0.15) is 11.3 Å². The number of aryl methyl sites for hydroxylation is 1. The van der Waals surface area contributed by atoms with Gasteiger partial charge in [0.15, 0.2) is 5.65 Å². The molecule has 0 aliphatic heterocycles. The van der Waals surface area contributed by atoms with Gasteiger partial charge in [-0.15, -0.1) is 0 Å². The molecule has 0 atom stereocenters. The summed E-state index contributed by atoms with van der Waals surface area (Å²) < 4.78 is 7.25. The molecule has 3 aromatic rings. The molecule has 3 rings (SSSR count). The van der Waals surface area contributed by atoms with Crippen LogP contribution in [-0.4, -0.2) is 23.0 Å². The standard InChI is InChI=1S/C17H17Cl2N3O/c1-10-7-11(3-4-15(10)23-2)16-14(5-6-20)22-9-12(18)8-13(19)17(22)21-16/h3-4,7-9H,5-6,20H2,1-2H3. The number of aromatic nitrogens is 2. The van der Waals surface area contributed by atoms with Gasteiger partial charge < -0.3 is 14.9 Å². The van der Waals surface area contributed by atoms with E-state index in [2.05, 4.69) is 6.07 Å². The van der Waals surface area contributed by atoms with Crippen LogP contribution in [0.2, 0.25) is 10.0 Å². The monoisotopic (exact) mass is 349 g/mol. The molecule has 0 unspecified atom stereocenters. The quantitative estimate of drug-likeness (QED) is 0.770. The van der Waals surface area contributed by atoms with Crippen molar-refractivity contribution in [2.45, 2.75) is 13.3 Å². The zero-order chi connectivity index (χ0) is 16.6. The van der Waals surface area contributed by atoms with Crippen LogP contribution in [0.5, 0.6) is 5.75 Å². The first-order valence-corrected chi connectivity index (χ1v) is 8.01. The highest BCUT2D eigenvalue weighted by Gasteiger charge is 2.17. The number of hydrogen-bond acceptors (Lipinski definition) is 3. The molecular weight excluding hydrogens is 333 g/mol. The average molecular weight is 350 g/mol. The molecule has 0 fully saturated rings. The van der Waals surface area contributed by atoms with Gasteiger partial charge in [-0.3, -0.25) is 0 Å². The second-order valence-electron chi connectivity index (χ2n) is 5.33. The number of nitrogens with two attached hydrogens (primary N) is 1. The molecule has 0 saturated carbocycles. The van der Waals surface area contributed by atoms with Gasteiger partial charge in [-0.05, 0) is 43.3 Å². The molecule has 0 aliphatic rings. The van der Waals surface area contributed by atoms with Crippen LogP contribution in [0.3, 0.4) is 0 Å². The zero-order valence-corrected chi connectivity index (χ0v) is 14.4. The molecule has 2 aromatic heterocycles. The number of halogens is 2. The van der Waals surface area contributed by atoms with Crippen molar-refractivity contribution < 1.29 is 4.74 Å². The Kier molecular flexibility index (Phi) is 4.48. The summed E-state index contributed by atoms with van der Waals surface area (Å²) in [6, 6.07) is 7.68. The van der Waals surface area contributed by atoms with Crippen molar-refractivity contribution in [1.82, 2.24) is 9.38 Å². The lowest BCUT2D eigenvalue weighted by Crippen LogP contribution is -2.06. The third-order valence-corrected chi connectivity index (χ3v) is 4.27. The first-order chi connectivity index (χ1) is 11.0. The van der Waals surface area contributed by atoms with Crippen LogP contribution in [-0.2, 0) is 6.42 Å². The van der Waals surface area contributed by atoms with Gasteiger partial charge in [-0.1, -0.05) is 23.2 Å². The summed E-state index contributed by atoms with van der Waals surface area (Å²) in [6.45, 7) is 2.52. The molecule has 0 bridgehead atoms. The highest BCUT2D eigenvalue weighted by atomic mass is 35.5. The normalized spacial score (nSPS) is 11.2. The molecule has 0 spiro atoms.